The minimum Gasteiger partial charge on any atom is -0.393 e. The fourth-order valence-corrected chi connectivity index (χ4v) is 5.21. The van der Waals surface area contributed by atoms with Gasteiger partial charge in [0.2, 0.25) is 0 Å². The zero-order valence-electron chi connectivity index (χ0n) is 12.9. The van der Waals surface area contributed by atoms with Gasteiger partial charge in [0.05, 0.1) is 6.10 Å². The van der Waals surface area contributed by atoms with Crippen LogP contribution in [0.15, 0.2) is 0 Å². The molecule has 1 saturated carbocycles. The van der Waals surface area contributed by atoms with Crippen LogP contribution >= 0.6 is 0 Å². The number of aliphatic hydroxyl groups is 1. The van der Waals surface area contributed by atoms with E-state index < -0.39 is 0 Å². The van der Waals surface area contributed by atoms with E-state index in [1.54, 1.807) is 0 Å². The van der Waals surface area contributed by atoms with Crippen molar-refractivity contribution in [2.75, 3.05) is 0 Å². The van der Waals surface area contributed by atoms with Crippen LogP contribution < -0.4 is 0 Å². The molecule has 1 fully saturated rings. The molecule has 4 atom stereocenters. The molecule has 0 radical (unpaired) electrons. The van der Waals surface area contributed by atoms with Gasteiger partial charge in [0.15, 0.2) is 0 Å². The first kappa shape index (κ1) is 15.0. The zero-order valence-corrected chi connectivity index (χ0v) is 12.9. The van der Waals surface area contributed by atoms with E-state index in [1.165, 1.54) is 12.8 Å². The third-order valence-corrected chi connectivity index (χ3v) is 4.65. The lowest BCUT2D eigenvalue weighted by Crippen LogP contribution is -2.44. The molecule has 1 nitrogen and oxygen atoms in total. The molecule has 0 bridgehead atoms. The van der Waals surface area contributed by atoms with Gasteiger partial charge in [-0.25, -0.2) is 0 Å². The zero-order chi connectivity index (χ0) is 13.4. The fraction of sp³-hybridized carbons (Fsp3) is 1.00. The normalized spacial score (nSPS) is 35.3. The first-order chi connectivity index (χ1) is 7.55. The summed E-state index contributed by atoms with van der Waals surface area (Å²) in [5, 5.41) is 9.61. The van der Waals surface area contributed by atoms with Crippen LogP contribution in [-0.2, 0) is 0 Å². The molecule has 0 aromatic rings. The van der Waals surface area contributed by atoms with E-state index in [0.717, 1.165) is 18.3 Å². The molecule has 0 amide bonds. The van der Waals surface area contributed by atoms with Crippen molar-refractivity contribution in [3.63, 3.8) is 0 Å². The highest BCUT2D eigenvalue weighted by Gasteiger charge is 2.46. The Morgan fingerprint density at radius 1 is 1.18 bits per heavy atom. The quantitative estimate of drug-likeness (QED) is 0.770. The minimum absolute atomic E-state index is 0.164. The second-order valence-electron chi connectivity index (χ2n) is 8.10. The van der Waals surface area contributed by atoms with Crippen molar-refractivity contribution in [3.8, 4) is 0 Å². The maximum Gasteiger partial charge on any atom is 0.0514 e. The predicted molar refractivity (Wildman–Crippen MR) is 74.9 cm³/mol. The van der Waals surface area contributed by atoms with Crippen molar-refractivity contribution in [3.05, 3.63) is 0 Å². The highest BCUT2D eigenvalue weighted by molar-refractivity contribution is 4.95. The van der Waals surface area contributed by atoms with E-state index in [0.29, 0.717) is 16.7 Å². The molecule has 17 heavy (non-hydrogen) atoms. The van der Waals surface area contributed by atoms with Crippen molar-refractivity contribution in [2.45, 2.75) is 73.8 Å². The molecule has 1 N–H and O–H groups in total. The highest BCUT2D eigenvalue weighted by atomic mass is 16.3. The second kappa shape index (κ2) is 4.91. The molecule has 1 aliphatic carbocycles. The third-order valence-electron chi connectivity index (χ3n) is 4.65. The van der Waals surface area contributed by atoms with Gasteiger partial charge in [-0.05, 0) is 54.8 Å². The Morgan fingerprint density at radius 3 is 2.12 bits per heavy atom. The minimum atomic E-state index is -0.164. The van der Waals surface area contributed by atoms with Gasteiger partial charge in [0, 0.05) is 0 Å². The van der Waals surface area contributed by atoms with Crippen molar-refractivity contribution in [1.29, 1.82) is 0 Å². The third kappa shape index (κ3) is 3.71. The SMILES string of the molecule is CC(O)CC(C)C1C(C)CC(C)(C)CC1(C)C. The lowest BCUT2D eigenvalue weighted by molar-refractivity contribution is -0.0344. The molecule has 0 aromatic carbocycles. The molecule has 0 aromatic heterocycles. The lowest BCUT2D eigenvalue weighted by atomic mass is 9.53. The lowest BCUT2D eigenvalue weighted by Gasteiger charge is -2.52. The average Bonchev–Trinajstić information content (AvgIpc) is 1.93. The van der Waals surface area contributed by atoms with Gasteiger partial charge < -0.3 is 5.11 Å². The number of aliphatic hydroxyl groups excluding tert-OH is 1. The Labute approximate surface area is 108 Å². The van der Waals surface area contributed by atoms with Gasteiger partial charge in [-0.2, -0.15) is 0 Å². The van der Waals surface area contributed by atoms with Crippen LogP contribution in [0.25, 0.3) is 0 Å². The van der Waals surface area contributed by atoms with E-state index in [9.17, 15) is 5.11 Å². The van der Waals surface area contributed by atoms with Crippen LogP contribution in [0.2, 0.25) is 0 Å². The standard InChI is InChI=1S/C16H32O/c1-11(8-13(3)17)14-12(2)9-15(4,5)10-16(14,6)7/h11-14,17H,8-10H2,1-7H3. The van der Waals surface area contributed by atoms with Crippen LogP contribution in [0.4, 0.5) is 0 Å². The summed E-state index contributed by atoms with van der Waals surface area (Å²) in [6, 6.07) is 0. The van der Waals surface area contributed by atoms with E-state index in [4.69, 9.17) is 0 Å². The number of rotatable bonds is 3. The molecular formula is C16H32O. The summed E-state index contributed by atoms with van der Waals surface area (Å²) in [5.74, 6) is 2.13. The van der Waals surface area contributed by atoms with Gasteiger partial charge in [-0.15, -0.1) is 0 Å². The summed E-state index contributed by atoms with van der Waals surface area (Å²) >= 11 is 0. The van der Waals surface area contributed by atoms with Crippen molar-refractivity contribution in [1.82, 2.24) is 0 Å². The monoisotopic (exact) mass is 240 g/mol. The summed E-state index contributed by atoms with van der Waals surface area (Å²) in [6.07, 6.45) is 3.41. The Bertz CT molecular complexity index is 248. The van der Waals surface area contributed by atoms with Crippen molar-refractivity contribution in [2.24, 2.45) is 28.6 Å². The molecule has 1 aliphatic rings. The maximum absolute atomic E-state index is 9.61. The largest absolute Gasteiger partial charge is 0.393 e. The summed E-state index contributed by atoms with van der Waals surface area (Å²) in [7, 11) is 0. The highest BCUT2D eigenvalue weighted by Crippen LogP contribution is 2.54. The van der Waals surface area contributed by atoms with Gasteiger partial charge in [-0.3, -0.25) is 0 Å². The molecule has 0 heterocycles. The van der Waals surface area contributed by atoms with Gasteiger partial charge in [0.25, 0.3) is 0 Å². The van der Waals surface area contributed by atoms with Crippen LogP contribution in [0.1, 0.15) is 67.7 Å². The van der Waals surface area contributed by atoms with Crippen LogP contribution in [0.5, 0.6) is 0 Å². The summed E-state index contributed by atoms with van der Waals surface area (Å²) in [5.41, 5.74) is 0.874. The second-order valence-corrected chi connectivity index (χ2v) is 8.10. The summed E-state index contributed by atoms with van der Waals surface area (Å²) in [6.45, 7) is 16.3. The molecule has 0 aliphatic heterocycles. The number of hydrogen-bond donors (Lipinski definition) is 1. The molecule has 0 saturated heterocycles. The number of hydrogen-bond acceptors (Lipinski definition) is 1. The predicted octanol–water partition coefficient (Wildman–Crippen LogP) is 4.49. The van der Waals surface area contributed by atoms with Crippen LogP contribution in [-0.4, -0.2) is 11.2 Å². The summed E-state index contributed by atoms with van der Waals surface area (Å²) in [4.78, 5) is 0. The molecular weight excluding hydrogens is 208 g/mol. The topological polar surface area (TPSA) is 20.2 Å². The first-order valence-electron chi connectivity index (χ1n) is 7.23. The van der Waals surface area contributed by atoms with E-state index >= 15 is 0 Å². The average molecular weight is 240 g/mol. The summed E-state index contributed by atoms with van der Waals surface area (Å²) < 4.78 is 0. The van der Waals surface area contributed by atoms with Gasteiger partial charge in [-0.1, -0.05) is 41.5 Å². The Kier molecular flexibility index (Phi) is 4.34. The van der Waals surface area contributed by atoms with Crippen molar-refractivity contribution >= 4 is 0 Å². The van der Waals surface area contributed by atoms with Crippen LogP contribution in [0, 0.1) is 28.6 Å². The van der Waals surface area contributed by atoms with Gasteiger partial charge in [0.1, 0.15) is 0 Å². The van der Waals surface area contributed by atoms with E-state index in [2.05, 4.69) is 41.5 Å². The maximum atomic E-state index is 9.61. The molecule has 4 unspecified atom stereocenters. The van der Waals surface area contributed by atoms with Crippen LogP contribution in [0.3, 0.4) is 0 Å². The van der Waals surface area contributed by atoms with E-state index in [1.807, 2.05) is 6.92 Å². The molecule has 102 valence electrons. The smallest absolute Gasteiger partial charge is 0.0514 e. The fourth-order valence-electron chi connectivity index (χ4n) is 5.21. The first-order valence-corrected chi connectivity index (χ1v) is 7.23. The Morgan fingerprint density at radius 2 is 1.71 bits per heavy atom. The van der Waals surface area contributed by atoms with E-state index in [-0.39, 0.29) is 6.10 Å². The Hall–Kier alpha value is -0.0400. The molecule has 1 heteroatoms. The Balaban J connectivity index is 2.84. The molecule has 1 rings (SSSR count). The van der Waals surface area contributed by atoms with Crippen molar-refractivity contribution < 1.29 is 5.11 Å². The van der Waals surface area contributed by atoms with Gasteiger partial charge >= 0.3 is 0 Å². The molecule has 0 spiro atoms.